The summed E-state index contributed by atoms with van der Waals surface area (Å²) < 4.78 is 5.45. The van der Waals surface area contributed by atoms with Crippen molar-refractivity contribution in [2.24, 2.45) is 10.7 Å². The lowest BCUT2D eigenvalue weighted by Gasteiger charge is -2.22. The molecule has 5 heteroatoms. The summed E-state index contributed by atoms with van der Waals surface area (Å²) in [6, 6.07) is 0. The summed E-state index contributed by atoms with van der Waals surface area (Å²) in [5.74, 6) is 0.743. The molecule has 2 aliphatic heterocycles. The van der Waals surface area contributed by atoms with Crippen LogP contribution >= 0.6 is 0 Å². The molecule has 110 valence electrons. The van der Waals surface area contributed by atoms with Gasteiger partial charge in [-0.15, -0.1) is 0 Å². The van der Waals surface area contributed by atoms with E-state index in [1.807, 2.05) is 0 Å². The molecule has 19 heavy (non-hydrogen) atoms. The second-order valence-corrected chi connectivity index (χ2v) is 5.45. The molecule has 2 saturated heterocycles. The van der Waals surface area contributed by atoms with Crippen molar-refractivity contribution >= 4 is 5.96 Å². The maximum Gasteiger partial charge on any atom is 0.191 e. The standard InChI is InChI=1S/C14H28N4O/c15-14(18-8-3-1-2-4-9-18)16-6-10-17-7-5-12-19-13-11-17/h1-13H2,(H2,15,16). The van der Waals surface area contributed by atoms with E-state index in [0.29, 0.717) is 0 Å². The summed E-state index contributed by atoms with van der Waals surface area (Å²) in [7, 11) is 0. The zero-order valence-corrected chi connectivity index (χ0v) is 12.0. The van der Waals surface area contributed by atoms with Crippen molar-refractivity contribution in [3.8, 4) is 0 Å². The van der Waals surface area contributed by atoms with Gasteiger partial charge in [0, 0.05) is 39.3 Å². The van der Waals surface area contributed by atoms with E-state index in [-0.39, 0.29) is 0 Å². The fourth-order valence-electron chi connectivity index (χ4n) is 2.73. The van der Waals surface area contributed by atoms with Gasteiger partial charge in [0.25, 0.3) is 0 Å². The highest BCUT2D eigenvalue weighted by Crippen LogP contribution is 2.09. The van der Waals surface area contributed by atoms with Crippen LogP contribution in [-0.4, -0.2) is 68.2 Å². The van der Waals surface area contributed by atoms with Crippen molar-refractivity contribution in [1.29, 1.82) is 0 Å². The molecule has 5 nitrogen and oxygen atoms in total. The normalized spacial score (nSPS) is 24.0. The van der Waals surface area contributed by atoms with E-state index in [1.165, 1.54) is 25.7 Å². The van der Waals surface area contributed by atoms with Crippen molar-refractivity contribution in [2.75, 3.05) is 52.5 Å². The average Bonchev–Trinajstić information content (AvgIpc) is 2.83. The monoisotopic (exact) mass is 268 g/mol. The Balaban J connectivity index is 1.70. The lowest BCUT2D eigenvalue weighted by atomic mass is 10.2. The van der Waals surface area contributed by atoms with Gasteiger partial charge in [-0.2, -0.15) is 0 Å². The summed E-state index contributed by atoms with van der Waals surface area (Å²) in [5, 5.41) is 0. The fourth-order valence-corrected chi connectivity index (χ4v) is 2.73. The second kappa shape index (κ2) is 8.38. The summed E-state index contributed by atoms with van der Waals surface area (Å²) >= 11 is 0. The van der Waals surface area contributed by atoms with Crippen LogP contribution in [0.15, 0.2) is 4.99 Å². The van der Waals surface area contributed by atoms with E-state index >= 15 is 0 Å². The Hall–Kier alpha value is -0.810. The largest absolute Gasteiger partial charge is 0.380 e. The summed E-state index contributed by atoms with van der Waals surface area (Å²) in [4.78, 5) is 9.22. The minimum atomic E-state index is 0.743. The molecule has 2 heterocycles. The topological polar surface area (TPSA) is 54.1 Å². The molecule has 0 aromatic rings. The van der Waals surface area contributed by atoms with E-state index in [9.17, 15) is 0 Å². The van der Waals surface area contributed by atoms with Crippen molar-refractivity contribution in [2.45, 2.75) is 32.1 Å². The molecule has 2 rings (SSSR count). The molecule has 0 radical (unpaired) electrons. The van der Waals surface area contributed by atoms with Crippen LogP contribution in [0.5, 0.6) is 0 Å². The highest BCUT2D eigenvalue weighted by atomic mass is 16.5. The number of aliphatic imine (C=N–C) groups is 1. The first-order valence-electron chi connectivity index (χ1n) is 7.71. The third kappa shape index (κ3) is 5.37. The van der Waals surface area contributed by atoms with Gasteiger partial charge in [-0.05, 0) is 19.3 Å². The van der Waals surface area contributed by atoms with Gasteiger partial charge in [-0.1, -0.05) is 12.8 Å². The molecule has 0 aromatic carbocycles. The van der Waals surface area contributed by atoms with Crippen molar-refractivity contribution in [3.63, 3.8) is 0 Å². The van der Waals surface area contributed by atoms with Gasteiger partial charge < -0.3 is 15.4 Å². The number of guanidine groups is 1. The minimum Gasteiger partial charge on any atom is -0.380 e. The molecule has 0 saturated carbocycles. The van der Waals surface area contributed by atoms with Gasteiger partial charge in [-0.25, -0.2) is 0 Å². The molecular formula is C14H28N4O. The Labute approximate surface area is 116 Å². The molecule has 0 bridgehead atoms. The number of hydrogen-bond donors (Lipinski definition) is 1. The van der Waals surface area contributed by atoms with Crippen LogP contribution in [0.1, 0.15) is 32.1 Å². The number of nitrogens with two attached hydrogens (primary N) is 1. The number of rotatable bonds is 3. The molecule has 0 aliphatic carbocycles. The number of nitrogens with zero attached hydrogens (tertiary/aromatic N) is 3. The van der Waals surface area contributed by atoms with Gasteiger partial charge in [0.05, 0.1) is 13.2 Å². The van der Waals surface area contributed by atoms with Gasteiger partial charge in [0.2, 0.25) is 0 Å². The highest BCUT2D eigenvalue weighted by Gasteiger charge is 2.11. The molecule has 0 amide bonds. The van der Waals surface area contributed by atoms with E-state index in [2.05, 4.69) is 14.8 Å². The molecule has 0 atom stereocenters. The molecule has 2 aliphatic rings. The summed E-state index contributed by atoms with van der Waals surface area (Å²) in [5.41, 5.74) is 6.10. The lowest BCUT2D eigenvalue weighted by molar-refractivity contribution is 0.142. The molecule has 0 aromatic heterocycles. The first-order chi connectivity index (χ1) is 9.36. The second-order valence-electron chi connectivity index (χ2n) is 5.45. The minimum absolute atomic E-state index is 0.743. The third-order valence-electron chi connectivity index (χ3n) is 3.93. The van der Waals surface area contributed by atoms with Crippen LogP contribution < -0.4 is 5.73 Å². The Morgan fingerprint density at radius 1 is 0.947 bits per heavy atom. The first-order valence-corrected chi connectivity index (χ1v) is 7.71. The highest BCUT2D eigenvalue weighted by molar-refractivity contribution is 5.78. The molecule has 2 N–H and O–H groups in total. The molecule has 0 unspecified atom stereocenters. The van der Waals surface area contributed by atoms with E-state index in [0.717, 1.165) is 64.9 Å². The summed E-state index contributed by atoms with van der Waals surface area (Å²) in [6.07, 6.45) is 6.29. The zero-order chi connectivity index (χ0) is 13.3. The van der Waals surface area contributed by atoms with Crippen molar-refractivity contribution < 1.29 is 4.74 Å². The fraction of sp³-hybridized carbons (Fsp3) is 0.929. The van der Waals surface area contributed by atoms with Gasteiger partial charge in [-0.3, -0.25) is 9.89 Å². The summed E-state index contributed by atoms with van der Waals surface area (Å²) in [6.45, 7) is 7.86. The Morgan fingerprint density at radius 3 is 2.53 bits per heavy atom. The Morgan fingerprint density at radius 2 is 1.74 bits per heavy atom. The molecular weight excluding hydrogens is 240 g/mol. The number of hydrogen-bond acceptors (Lipinski definition) is 3. The quantitative estimate of drug-likeness (QED) is 0.610. The maximum absolute atomic E-state index is 6.10. The first kappa shape index (κ1) is 14.6. The van der Waals surface area contributed by atoms with Crippen molar-refractivity contribution in [1.82, 2.24) is 9.80 Å². The van der Waals surface area contributed by atoms with Crippen LogP contribution in [0.4, 0.5) is 0 Å². The Bertz CT molecular complexity index is 267. The van der Waals surface area contributed by atoms with E-state index in [1.54, 1.807) is 0 Å². The van der Waals surface area contributed by atoms with Gasteiger partial charge >= 0.3 is 0 Å². The van der Waals surface area contributed by atoms with Crippen LogP contribution in [0.25, 0.3) is 0 Å². The lowest BCUT2D eigenvalue weighted by Crippen LogP contribution is -2.38. The Kier molecular flexibility index (Phi) is 6.44. The molecule has 2 fully saturated rings. The smallest absolute Gasteiger partial charge is 0.191 e. The number of likely N-dealkylation sites (tertiary alicyclic amines) is 1. The van der Waals surface area contributed by atoms with E-state index < -0.39 is 0 Å². The number of ether oxygens (including phenoxy) is 1. The van der Waals surface area contributed by atoms with Crippen molar-refractivity contribution in [3.05, 3.63) is 0 Å². The maximum atomic E-state index is 6.10. The van der Waals surface area contributed by atoms with Crippen LogP contribution in [0, 0.1) is 0 Å². The van der Waals surface area contributed by atoms with Crippen LogP contribution in [0.3, 0.4) is 0 Å². The van der Waals surface area contributed by atoms with Crippen LogP contribution in [0.2, 0.25) is 0 Å². The van der Waals surface area contributed by atoms with Crippen LogP contribution in [-0.2, 0) is 4.74 Å². The SMILES string of the molecule is NC(=NCCN1CCCOCC1)N1CCCCCC1. The molecule has 0 spiro atoms. The van der Waals surface area contributed by atoms with Gasteiger partial charge in [0.1, 0.15) is 0 Å². The third-order valence-corrected chi connectivity index (χ3v) is 3.93. The predicted octanol–water partition coefficient (Wildman–Crippen LogP) is 0.899. The average molecular weight is 268 g/mol. The predicted molar refractivity (Wildman–Crippen MR) is 78.4 cm³/mol. The zero-order valence-electron chi connectivity index (χ0n) is 12.0. The van der Waals surface area contributed by atoms with Gasteiger partial charge in [0.15, 0.2) is 5.96 Å². The van der Waals surface area contributed by atoms with E-state index in [4.69, 9.17) is 10.5 Å².